The van der Waals surface area contributed by atoms with Crippen LogP contribution in [0.4, 0.5) is 4.39 Å². The number of amides is 1. The molecule has 0 atom stereocenters. The van der Waals surface area contributed by atoms with Crippen LogP contribution in [0.5, 0.6) is 0 Å². The number of hydrogen-bond donors (Lipinski definition) is 2. The van der Waals surface area contributed by atoms with Gasteiger partial charge in [-0.05, 0) is 43.7 Å². The van der Waals surface area contributed by atoms with Crippen LogP contribution < -0.4 is 10.7 Å². The molecule has 7 heteroatoms. The van der Waals surface area contributed by atoms with Gasteiger partial charge in [0.25, 0.3) is 5.91 Å². The third-order valence-electron chi connectivity index (χ3n) is 3.92. The molecule has 0 aliphatic carbocycles. The first-order valence-electron chi connectivity index (χ1n) is 7.55. The Hall–Kier alpha value is -2.73. The van der Waals surface area contributed by atoms with Gasteiger partial charge in [-0.25, -0.2) is 4.39 Å². The van der Waals surface area contributed by atoms with Crippen LogP contribution >= 0.6 is 11.6 Å². The van der Waals surface area contributed by atoms with Crippen molar-refractivity contribution in [3.05, 3.63) is 74.8 Å². The van der Waals surface area contributed by atoms with Crippen molar-refractivity contribution < 1.29 is 9.18 Å². The summed E-state index contributed by atoms with van der Waals surface area (Å²) in [5, 5.41) is 9.86. The van der Waals surface area contributed by atoms with Crippen molar-refractivity contribution in [1.82, 2.24) is 15.5 Å². The molecule has 1 aromatic heterocycles. The monoisotopic (exact) mass is 359 g/mol. The van der Waals surface area contributed by atoms with E-state index in [0.717, 1.165) is 0 Å². The number of fused-ring (bicyclic) bond motifs is 1. The van der Waals surface area contributed by atoms with Crippen LogP contribution in [-0.2, 0) is 5.54 Å². The van der Waals surface area contributed by atoms with E-state index in [-0.39, 0.29) is 10.7 Å². The first-order chi connectivity index (χ1) is 11.8. The van der Waals surface area contributed by atoms with E-state index in [1.54, 1.807) is 38.1 Å². The molecule has 25 heavy (non-hydrogen) atoms. The Balaban J connectivity index is 1.96. The van der Waals surface area contributed by atoms with Crippen molar-refractivity contribution in [3.63, 3.8) is 0 Å². The minimum Gasteiger partial charge on any atom is -0.342 e. The standard InChI is InChI=1S/C18H15ClFN3O2/c1-18(2,12-8-7-10(20)9-13(12)19)21-17(25)15-16(24)11-5-3-4-6-14(11)22-23-15/h3-9H,1-2H3,(H,21,25)(H,22,24). The number of hydrogen-bond acceptors (Lipinski definition) is 3. The molecular weight excluding hydrogens is 345 g/mol. The Bertz CT molecular complexity index is 1030. The number of carbonyl (C=O) groups excluding carboxylic acids is 1. The maximum absolute atomic E-state index is 13.2. The van der Waals surface area contributed by atoms with Crippen LogP contribution in [0.3, 0.4) is 0 Å². The van der Waals surface area contributed by atoms with Crippen LogP contribution in [0.1, 0.15) is 29.9 Å². The highest BCUT2D eigenvalue weighted by Gasteiger charge is 2.28. The minimum atomic E-state index is -0.929. The number of H-pyrrole nitrogens is 1. The second kappa shape index (κ2) is 6.29. The second-order valence-corrected chi connectivity index (χ2v) is 6.56. The Morgan fingerprint density at radius 1 is 1.24 bits per heavy atom. The lowest BCUT2D eigenvalue weighted by Crippen LogP contribution is -2.43. The van der Waals surface area contributed by atoms with Crippen LogP contribution in [0.15, 0.2) is 47.3 Å². The van der Waals surface area contributed by atoms with E-state index in [1.807, 2.05) is 0 Å². The number of nitrogens with one attached hydrogen (secondary N) is 2. The van der Waals surface area contributed by atoms with Crippen LogP contribution in [-0.4, -0.2) is 16.1 Å². The lowest BCUT2D eigenvalue weighted by atomic mass is 9.94. The van der Waals surface area contributed by atoms with Gasteiger partial charge >= 0.3 is 0 Å². The third-order valence-corrected chi connectivity index (χ3v) is 4.23. The number of aromatic amines is 1. The van der Waals surface area contributed by atoms with Crippen molar-refractivity contribution in [2.45, 2.75) is 19.4 Å². The number of carbonyl (C=O) groups is 1. The molecule has 3 rings (SSSR count). The number of benzene rings is 2. The molecule has 0 unspecified atom stereocenters. The van der Waals surface area contributed by atoms with Crippen molar-refractivity contribution >= 4 is 28.4 Å². The van der Waals surface area contributed by atoms with Crippen molar-refractivity contribution in [3.8, 4) is 0 Å². The fourth-order valence-corrected chi connectivity index (χ4v) is 3.04. The van der Waals surface area contributed by atoms with E-state index in [9.17, 15) is 14.0 Å². The maximum atomic E-state index is 13.2. The Labute approximate surface area is 147 Å². The largest absolute Gasteiger partial charge is 0.342 e. The number of nitrogens with zero attached hydrogens (tertiary/aromatic N) is 1. The van der Waals surface area contributed by atoms with E-state index in [1.165, 1.54) is 18.2 Å². The van der Waals surface area contributed by atoms with Gasteiger partial charge in [0.05, 0.1) is 11.1 Å². The van der Waals surface area contributed by atoms with Crippen LogP contribution in [0.2, 0.25) is 5.02 Å². The fourth-order valence-electron chi connectivity index (χ4n) is 2.63. The van der Waals surface area contributed by atoms with E-state index in [0.29, 0.717) is 16.5 Å². The molecule has 0 aliphatic rings. The molecule has 0 spiro atoms. The maximum Gasteiger partial charge on any atom is 0.276 e. The van der Waals surface area contributed by atoms with Crippen LogP contribution in [0.25, 0.3) is 10.9 Å². The molecule has 1 heterocycles. The Kier molecular flexibility index (Phi) is 4.30. The van der Waals surface area contributed by atoms with E-state index in [2.05, 4.69) is 15.5 Å². The topological polar surface area (TPSA) is 74.8 Å². The molecule has 0 aliphatic heterocycles. The molecule has 0 radical (unpaired) electrons. The zero-order chi connectivity index (χ0) is 18.2. The van der Waals surface area contributed by atoms with E-state index >= 15 is 0 Å². The summed E-state index contributed by atoms with van der Waals surface area (Å²) in [5.74, 6) is -1.11. The molecule has 5 nitrogen and oxygen atoms in total. The lowest BCUT2D eigenvalue weighted by Gasteiger charge is -2.27. The zero-order valence-corrected chi connectivity index (χ0v) is 14.3. The van der Waals surface area contributed by atoms with Crippen LogP contribution in [0, 0.1) is 5.82 Å². The predicted molar refractivity (Wildman–Crippen MR) is 94.3 cm³/mol. The fraction of sp³-hybridized carbons (Fsp3) is 0.167. The van der Waals surface area contributed by atoms with Gasteiger partial charge < -0.3 is 5.32 Å². The van der Waals surface area contributed by atoms with Gasteiger partial charge in [-0.15, -0.1) is 0 Å². The summed E-state index contributed by atoms with van der Waals surface area (Å²) in [6.45, 7) is 3.42. The summed E-state index contributed by atoms with van der Waals surface area (Å²) in [7, 11) is 0. The normalized spacial score (nSPS) is 11.5. The molecule has 128 valence electrons. The first-order valence-corrected chi connectivity index (χ1v) is 7.93. The van der Waals surface area contributed by atoms with Gasteiger partial charge in [0.1, 0.15) is 5.82 Å². The van der Waals surface area contributed by atoms with Gasteiger partial charge in [-0.2, -0.15) is 5.10 Å². The summed E-state index contributed by atoms with van der Waals surface area (Å²) in [6.07, 6.45) is 0. The smallest absolute Gasteiger partial charge is 0.276 e. The highest BCUT2D eigenvalue weighted by molar-refractivity contribution is 6.31. The molecule has 0 saturated carbocycles. The third kappa shape index (κ3) is 3.25. The zero-order valence-electron chi connectivity index (χ0n) is 13.6. The summed E-state index contributed by atoms with van der Waals surface area (Å²) >= 11 is 6.08. The SMILES string of the molecule is CC(C)(NC(=O)c1n[nH]c2ccccc2c1=O)c1ccc(F)cc1Cl. The number of para-hydroxylation sites is 1. The first kappa shape index (κ1) is 17.1. The Morgan fingerprint density at radius 2 is 1.96 bits per heavy atom. The summed E-state index contributed by atoms with van der Waals surface area (Å²) in [5.41, 5.74) is -0.564. The predicted octanol–water partition coefficient (Wildman–Crippen LogP) is 3.38. The van der Waals surface area contributed by atoms with Gasteiger partial charge in [0.15, 0.2) is 5.69 Å². The van der Waals surface area contributed by atoms with Gasteiger partial charge in [0, 0.05) is 10.4 Å². The molecule has 0 saturated heterocycles. The minimum absolute atomic E-state index is 0.186. The molecule has 3 aromatic rings. The van der Waals surface area contributed by atoms with Crippen molar-refractivity contribution in [2.24, 2.45) is 0 Å². The van der Waals surface area contributed by atoms with Gasteiger partial charge in [-0.1, -0.05) is 29.8 Å². The van der Waals surface area contributed by atoms with Gasteiger partial charge in [-0.3, -0.25) is 14.7 Å². The van der Waals surface area contributed by atoms with Gasteiger partial charge in [0.2, 0.25) is 5.43 Å². The molecule has 0 bridgehead atoms. The lowest BCUT2D eigenvalue weighted by molar-refractivity contribution is 0.0905. The van der Waals surface area contributed by atoms with E-state index < -0.39 is 22.7 Å². The Morgan fingerprint density at radius 3 is 2.68 bits per heavy atom. The highest BCUT2D eigenvalue weighted by atomic mass is 35.5. The van der Waals surface area contributed by atoms with E-state index in [4.69, 9.17) is 11.6 Å². The molecule has 2 N–H and O–H groups in total. The summed E-state index contributed by atoms with van der Waals surface area (Å²) in [6, 6.07) is 10.7. The molecule has 2 aromatic carbocycles. The molecule has 1 amide bonds. The number of rotatable bonds is 3. The highest BCUT2D eigenvalue weighted by Crippen LogP contribution is 2.28. The number of halogens is 2. The quantitative estimate of drug-likeness (QED) is 0.752. The average Bonchev–Trinajstić information content (AvgIpc) is 2.54. The number of aromatic nitrogens is 2. The summed E-state index contributed by atoms with van der Waals surface area (Å²) < 4.78 is 13.2. The summed E-state index contributed by atoms with van der Waals surface area (Å²) in [4.78, 5) is 25.1. The molecular formula is C18H15ClFN3O2. The molecule has 0 fully saturated rings. The second-order valence-electron chi connectivity index (χ2n) is 6.15. The van der Waals surface area contributed by atoms with Crippen molar-refractivity contribution in [1.29, 1.82) is 0 Å². The average molecular weight is 360 g/mol. The van der Waals surface area contributed by atoms with Crippen molar-refractivity contribution in [2.75, 3.05) is 0 Å².